The van der Waals surface area contributed by atoms with Crippen LogP contribution < -0.4 is 11.5 Å². The minimum atomic E-state index is 0.439. The van der Waals surface area contributed by atoms with Gasteiger partial charge in [0.25, 0.3) is 0 Å². The Bertz CT molecular complexity index is 201. The van der Waals surface area contributed by atoms with Crippen LogP contribution in [-0.4, -0.2) is 13.1 Å². The molecule has 0 bridgehead atoms. The van der Waals surface area contributed by atoms with Crippen molar-refractivity contribution >= 4 is 0 Å². The lowest BCUT2D eigenvalue weighted by molar-refractivity contribution is 0.0668. The maximum absolute atomic E-state index is 6.13. The summed E-state index contributed by atoms with van der Waals surface area (Å²) in [6.07, 6.45) is 15.1. The molecule has 0 aromatic heterocycles. The second-order valence-electron chi connectivity index (χ2n) is 6.71. The molecule has 4 N–H and O–H groups in total. The third-order valence-corrected chi connectivity index (χ3v) is 5.44. The van der Waals surface area contributed by atoms with Crippen LogP contribution in [0, 0.1) is 10.8 Å². The summed E-state index contributed by atoms with van der Waals surface area (Å²) in [6.45, 7) is 1.77. The van der Waals surface area contributed by atoms with Crippen molar-refractivity contribution in [3.63, 3.8) is 0 Å². The summed E-state index contributed by atoms with van der Waals surface area (Å²) in [5, 5.41) is 0. The van der Waals surface area contributed by atoms with E-state index in [9.17, 15) is 0 Å². The average molecular weight is 238 g/mol. The summed E-state index contributed by atoms with van der Waals surface area (Å²) in [7, 11) is 0. The first kappa shape index (κ1) is 13.4. The van der Waals surface area contributed by atoms with E-state index in [0.717, 1.165) is 13.1 Å². The smallest absolute Gasteiger partial charge is 0.00203 e. The maximum Gasteiger partial charge on any atom is -0.00203 e. The number of hydrogen-bond donors (Lipinski definition) is 2. The Morgan fingerprint density at radius 1 is 0.588 bits per heavy atom. The molecule has 0 unspecified atom stereocenters. The Kier molecular flexibility index (Phi) is 4.48. The van der Waals surface area contributed by atoms with Gasteiger partial charge in [-0.1, -0.05) is 38.5 Å². The molecule has 2 aliphatic rings. The Morgan fingerprint density at radius 3 is 1.24 bits per heavy atom. The Morgan fingerprint density at radius 2 is 0.941 bits per heavy atom. The number of hydrogen-bond acceptors (Lipinski definition) is 2. The molecule has 0 spiro atoms. The Balaban J connectivity index is 2.04. The molecule has 100 valence electrons. The molecular weight excluding hydrogens is 208 g/mol. The van der Waals surface area contributed by atoms with E-state index in [2.05, 4.69) is 0 Å². The van der Waals surface area contributed by atoms with Gasteiger partial charge in [0.1, 0.15) is 0 Å². The van der Waals surface area contributed by atoms with Crippen LogP contribution in [0.2, 0.25) is 0 Å². The quantitative estimate of drug-likeness (QED) is 0.790. The fraction of sp³-hybridized carbons (Fsp3) is 1.00. The van der Waals surface area contributed by atoms with E-state index < -0.39 is 0 Å². The second-order valence-corrected chi connectivity index (χ2v) is 6.71. The predicted octanol–water partition coefficient (Wildman–Crippen LogP) is 3.19. The van der Waals surface area contributed by atoms with Crippen LogP contribution in [0.15, 0.2) is 0 Å². The minimum absolute atomic E-state index is 0.439. The van der Waals surface area contributed by atoms with Crippen molar-refractivity contribution in [3.8, 4) is 0 Å². The highest BCUT2D eigenvalue weighted by Crippen LogP contribution is 2.49. The van der Waals surface area contributed by atoms with Crippen molar-refractivity contribution in [1.29, 1.82) is 0 Å². The van der Waals surface area contributed by atoms with E-state index in [-0.39, 0.29) is 0 Å². The zero-order valence-corrected chi connectivity index (χ0v) is 11.3. The summed E-state index contributed by atoms with van der Waals surface area (Å²) >= 11 is 0. The Labute approximate surface area is 107 Å². The molecule has 0 amide bonds. The first-order valence-corrected chi connectivity index (χ1v) is 7.64. The van der Waals surface area contributed by atoms with Crippen molar-refractivity contribution in [2.24, 2.45) is 22.3 Å². The lowest BCUT2D eigenvalue weighted by atomic mass is 9.60. The monoisotopic (exact) mass is 238 g/mol. The van der Waals surface area contributed by atoms with Gasteiger partial charge in [0.05, 0.1) is 0 Å². The van der Waals surface area contributed by atoms with Crippen molar-refractivity contribution < 1.29 is 0 Å². The van der Waals surface area contributed by atoms with Gasteiger partial charge < -0.3 is 11.5 Å². The van der Waals surface area contributed by atoms with Crippen LogP contribution in [-0.2, 0) is 0 Å². The third-order valence-electron chi connectivity index (χ3n) is 5.44. The van der Waals surface area contributed by atoms with E-state index in [1.807, 2.05) is 0 Å². The molecule has 0 radical (unpaired) electrons. The zero-order chi connectivity index (χ0) is 12.2. The van der Waals surface area contributed by atoms with Crippen LogP contribution in [0.1, 0.15) is 70.6 Å². The van der Waals surface area contributed by atoms with Crippen LogP contribution in [0.3, 0.4) is 0 Å². The van der Waals surface area contributed by atoms with E-state index >= 15 is 0 Å². The van der Waals surface area contributed by atoms with Crippen molar-refractivity contribution in [1.82, 2.24) is 0 Å². The molecule has 17 heavy (non-hydrogen) atoms. The maximum atomic E-state index is 6.13. The predicted molar refractivity (Wildman–Crippen MR) is 73.8 cm³/mol. The standard InChI is InChI=1S/C15H30N2/c16-12-14(7-3-1-4-8-14)11-15(13-17)9-5-2-6-10-15/h1-13,16-17H2. The van der Waals surface area contributed by atoms with Gasteiger partial charge in [0.2, 0.25) is 0 Å². The van der Waals surface area contributed by atoms with E-state index in [1.54, 1.807) is 0 Å². The molecule has 0 heterocycles. The first-order chi connectivity index (χ1) is 8.24. The highest BCUT2D eigenvalue weighted by atomic mass is 14.7. The molecule has 0 saturated heterocycles. The van der Waals surface area contributed by atoms with Gasteiger partial charge in [-0.3, -0.25) is 0 Å². The fourth-order valence-corrected chi connectivity index (χ4v) is 4.31. The second kappa shape index (κ2) is 5.71. The van der Waals surface area contributed by atoms with Crippen LogP contribution in [0.4, 0.5) is 0 Å². The van der Waals surface area contributed by atoms with Gasteiger partial charge in [-0.25, -0.2) is 0 Å². The average Bonchev–Trinajstić information content (AvgIpc) is 2.41. The topological polar surface area (TPSA) is 52.0 Å². The molecule has 2 rings (SSSR count). The van der Waals surface area contributed by atoms with Crippen LogP contribution in [0.25, 0.3) is 0 Å². The lowest BCUT2D eigenvalue weighted by Gasteiger charge is -2.46. The van der Waals surface area contributed by atoms with Crippen molar-refractivity contribution in [3.05, 3.63) is 0 Å². The normalized spacial score (nSPS) is 27.9. The summed E-state index contributed by atoms with van der Waals surface area (Å²) in [5.74, 6) is 0. The highest BCUT2D eigenvalue weighted by molar-refractivity contribution is 4.94. The molecular formula is C15H30N2. The van der Waals surface area contributed by atoms with E-state index in [1.165, 1.54) is 70.6 Å². The SMILES string of the molecule is NCC1(CC2(CN)CCCCC2)CCCCC1. The summed E-state index contributed by atoms with van der Waals surface area (Å²) < 4.78 is 0. The lowest BCUT2D eigenvalue weighted by Crippen LogP contribution is -2.43. The van der Waals surface area contributed by atoms with Gasteiger partial charge in [-0.2, -0.15) is 0 Å². The van der Waals surface area contributed by atoms with Gasteiger partial charge >= 0.3 is 0 Å². The molecule has 2 aliphatic carbocycles. The summed E-state index contributed by atoms with van der Waals surface area (Å²) in [5.41, 5.74) is 13.1. The fourth-order valence-electron chi connectivity index (χ4n) is 4.31. The highest BCUT2D eigenvalue weighted by Gasteiger charge is 2.40. The summed E-state index contributed by atoms with van der Waals surface area (Å²) in [6, 6.07) is 0. The van der Waals surface area contributed by atoms with Gasteiger partial charge in [0, 0.05) is 0 Å². The largest absolute Gasteiger partial charge is 0.330 e. The molecule has 0 aromatic carbocycles. The van der Waals surface area contributed by atoms with Gasteiger partial charge in [-0.05, 0) is 56.0 Å². The van der Waals surface area contributed by atoms with E-state index in [4.69, 9.17) is 11.5 Å². The summed E-state index contributed by atoms with van der Waals surface area (Å²) in [4.78, 5) is 0. The zero-order valence-electron chi connectivity index (χ0n) is 11.3. The molecule has 2 nitrogen and oxygen atoms in total. The molecule has 2 fully saturated rings. The third kappa shape index (κ3) is 3.03. The molecule has 0 aliphatic heterocycles. The van der Waals surface area contributed by atoms with Crippen molar-refractivity contribution in [2.45, 2.75) is 70.6 Å². The van der Waals surface area contributed by atoms with E-state index in [0.29, 0.717) is 10.8 Å². The van der Waals surface area contributed by atoms with Crippen molar-refractivity contribution in [2.75, 3.05) is 13.1 Å². The van der Waals surface area contributed by atoms with Crippen LogP contribution >= 0.6 is 0 Å². The minimum Gasteiger partial charge on any atom is -0.330 e. The number of nitrogens with two attached hydrogens (primary N) is 2. The van der Waals surface area contributed by atoms with Gasteiger partial charge in [0.15, 0.2) is 0 Å². The van der Waals surface area contributed by atoms with Gasteiger partial charge in [-0.15, -0.1) is 0 Å². The molecule has 2 heteroatoms. The number of rotatable bonds is 4. The molecule has 0 aromatic rings. The molecule has 0 atom stereocenters. The first-order valence-electron chi connectivity index (χ1n) is 7.64. The Hall–Kier alpha value is -0.0800. The molecule has 2 saturated carbocycles. The van der Waals surface area contributed by atoms with Crippen LogP contribution in [0.5, 0.6) is 0 Å².